The van der Waals surface area contributed by atoms with Crippen LogP contribution in [0.25, 0.3) is 0 Å². The SMILES string of the molecule is CNCc1ccc(S(=O)(=O)Nc2ccc3c(c2)CCC3)s1. The highest BCUT2D eigenvalue weighted by Crippen LogP contribution is 2.28. The molecule has 1 heterocycles. The molecule has 2 N–H and O–H groups in total. The van der Waals surface area contributed by atoms with Crippen LogP contribution < -0.4 is 10.0 Å². The first-order valence-corrected chi connectivity index (χ1v) is 9.26. The lowest BCUT2D eigenvalue weighted by Gasteiger charge is -2.08. The fourth-order valence-corrected chi connectivity index (χ4v) is 5.03. The summed E-state index contributed by atoms with van der Waals surface area (Å²) < 4.78 is 27.8. The predicted octanol–water partition coefficient (Wildman–Crippen LogP) is 2.76. The van der Waals surface area contributed by atoms with E-state index in [9.17, 15) is 8.42 Å². The standard InChI is InChI=1S/C15H18N2O2S2/c1-16-10-14-7-8-15(20-14)21(18,19)17-13-6-5-11-3-2-4-12(11)9-13/h5-9,16-17H,2-4,10H2,1H3. The van der Waals surface area contributed by atoms with E-state index in [0.717, 1.165) is 24.1 Å². The molecule has 4 nitrogen and oxygen atoms in total. The Labute approximate surface area is 129 Å². The van der Waals surface area contributed by atoms with Crippen molar-refractivity contribution in [2.24, 2.45) is 0 Å². The largest absolute Gasteiger partial charge is 0.315 e. The van der Waals surface area contributed by atoms with Gasteiger partial charge in [0.1, 0.15) is 4.21 Å². The number of hydrogen-bond acceptors (Lipinski definition) is 4. The second-order valence-corrected chi connectivity index (χ2v) is 8.27. The molecule has 1 aliphatic rings. The molecule has 1 aliphatic carbocycles. The van der Waals surface area contributed by atoms with Crippen molar-refractivity contribution < 1.29 is 8.42 Å². The molecule has 3 rings (SSSR count). The van der Waals surface area contributed by atoms with Crippen molar-refractivity contribution in [3.05, 3.63) is 46.3 Å². The van der Waals surface area contributed by atoms with Crippen LogP contribution in [0.3, 0.4) is 0 Å². The van der Waals surface area contributed by atoms with E-state index in [1.54, 1.807) is 6.07 Å². The van der Waals surface area contributed by atoms with Crippen molar-refractivity contribution >= 4 is 27.0 Å². The number of anilines is 1. The van der Waals surface area contributed by atoms with Crippen LogP contribution in [0.2, 0.25) is 0 Å². The lowest BCUT2D eigenvalue weighted by molar-refractivity contribution is 0.603. The molecular formula is C15H18N2O2S2. The van der Waals surface area contributed by atoms with Crippen molar-refractivity contribution in [2.45, 2.75) is 30.0 Å². The van der Waals surface area contributed by atoms with Gasteiger partial charge < -0.3 is 5.32 Å². The van der Waals surface area contributed by atoms with Gasteiger partial charge in [0.25, 0.3) is 10.0 Å². The highest BCUT2D eigenvalue weighted by atomic mass is 32.2. The highest BCUT2D eigenvalue weighted by molar-refractivity contribution is 7.94. The van der Waals surface area contributed by atoms with Crippen molar-refractivity contribution in [1.29, 1.82) is 0 Å². The summed E-state index contributed by atoms with van der Waals surface area (Å²) >= 11 is 1.30. The van der Waals surface area contributed by atoms with Gasteiger partial charge in [-0.3, -0.25) is 4.72 Å². The molecule has 0 aliphatic heterocycles. The van der Waals surface area contributed by atoms with E-state index in [1.807, 2.05) is 31.3 Å². The maximum absolute atomic E-state index is 12.4. The number of aryl methyl sites for hydroxylation is 2. The molecule has 0 atom stereocenters. The molecule has 1 aromatic carbocycles. The third kappa shape index (κ3) is 3.12. The van der Waals surface area contributed by atoms with Crippen LogP contribution >= 0.6 is 11.3 Å². The van der Waals surface area contributed by atoms with Gasteiger partial charge in [0, 0.05) is 17.1 Å². The number of sulfonamides is 1. The maximum Gasteiger partial charge on any atom is 0.271 e. The second-order valence-electron chi connectivity index (χ2n) is 5.19. The number of fused-ring (bicyclic) bond motifs is 1. The first kappa shape index (κ1) is 14.6. The molecule has 0 bridgehead atoms. The lowest BCUT2D eigenvalue weighted by Crippen LogP contribution is -2.11. The molecule has 1 aromatic heterocycles. The zero-order chi connectivity index (χ0) is 14.9. The van der Waals surface area contributed by atoms with E-state index in [0.29, 0.717) is 16.4 Å². The molecule has 2 aromatic rings. The average molecular weight is 322 g/mol. The van der Waals surface area contributed by atoms with Crippen LogP contribution in [0.4, 0.5) is 5.69 Å². The van der Waals surface area contributed by atoms with Crippen molar-refractivity contribution in [2.75, 3.05) is 11.8 Å². The second kappa shape index (κ2) is 5.79. The number of thiophene rings is 1. The molecule has 112 valence electrons. The van der Waals surface area contributed by atoms with Crippen LogP contribution in [0.15, 0.2) is 34.5 Å². The van der Waals surface area contributed by atoms with E-state index in [1.165, 1.54) is 22.5 Å². The predicted molar refractivity (Wildman–Crippen MR) is 86.4 cm³/mol. The molecule has 0 radical (unpaired) electrons. The number of rotatable bonds is 5. The van der Waals surface area contributed by atoms with Crippen LogP contribution in [0.5, 0.6) is 0 Å². The molecular weight excluding hydrogens is 304 g/mol. The number of hydrogen-bond donors (Lipinski definition) is 2. The highest BCUT2D eigenvalue weighted by Gasteiger charge is 2.18. The quantitative estimate of drug-likeness (QED) is 0.890. The Kier molecular flexibility index (Phi) is 4.01. The molecule has 21 heavy (non-hydrogen) atoms. The zero-order valence-electron chi connectivity index (χ0n) is 11.8. The van der Waals surface area contributed by atoms with Gasteiger partial charge in [-0.1, -0.05) is 6.07 Å². The number of nitrogens with one attached hydrogen (secondary N) is 2. The van der Waals surface area contributed by atoms with Gasteiger partial charge in [-0.15, -0.1) is 11.3 Å². The van der Waals surface area contributed by atoms with Gasteiger partial charge in [-0.25, -0.2) is 8.42 Å². The van der Waals surface area contributed by atoms with Crippen molar-refractivity contribution in [3.8, 4) is 0 Å². The third-order valence-electron chi connectivity index (χ3n) is 3.60. The van der Waals surface area contributed by atoms with Gasteiger partial charge in [0.05, 0.1) is 0 Å². The normalized spacial score (nSPS) is 14.1. The van der Waals surface area contributed by atoms with E-state index in [2.05, 4.69) is 10.0 Å². The van der Waals surface area contributed by atoms with E-state index < -0.39 is 10.0 Å². The molecule has 0 spiro atoms. The van der Waals surface area contributed by atoms with Gasteiger partial charge in [-0.2, -0.15) is 0 Å². The smallest absolute Gasteiger partial charge is 0.271 e. The fourth-order valence-electron chi connectivity index (χ4n) is 2.61. The molecule has 0 saturated carbocycles. The Bertz CT molecular complexity index is 751. The Morgan fingerprint density at radius 3 is 2.76 bits per heavy atom. The Hall–Kier alpha value is -1.37. The van der Waals surface area contributed by atoms with Crippen molar-refractivity contribution in [3.63, 3.8) is 0 Å². The minimum Gasteiger partial charge on any atom is -0.315 e. The van der Waals surface area contributed by atoms with E-state index in [-0.39, 0.29) is 0 Å². The Morgan fingerprint density at radius 2 is 1.95 bits per heavy atom. The lowest BCUT2D eigenvalue weighted by atomic mass is 10.1. The first-order valence-electron chi connectivity index (χ1n) is 6.96. The van der Waals surface area contributed by atoms with Gasteiger partial charge >= 0.3 is 0 Å². The summed E-state index contributed by atoms with van der Waals surface area (Å²) in [5, 5.41) is 3.02. The van der Waals surface area contributed by atoms with E-state index >= 15 is 0 Å². The molecule has 0 fully saturated rings. The molecule has 0 amide bonds. The van der Waals surface area contributed by atoms with Crippen LogP contribution in [0.1, 0.15) is 22.4 Å². The fraction of sp³-hybridized carbons (Fsp3) is 0.333. The van der Waals surface area contributed by atoms with Gasteiger partial charge in [0.15, 0.2) is 0 Å². The summed E-state index contributed by atoms with van der Waals surface area (Å²) in [6.07, 6.45) is 3.29. The average Bonchev–Trinajstić information content (AvgIpc) is 3.07. The minimum absolute atomic E-state index is 0.355. The molecule has 0 saturated heterocycles. The minimum atomic E-state index is -3.49. The summed E-state index contributed by atoms with van der Waals surface area (Å²) in [7, 11) is -1.64. The van der Waals surface area contributed by atoms with Gasteiger partial charge in [-0.05, 0) is 61.7 Å². The molecule has 0 unspecified atom stereocenters. The monoisotopic (exact) mass is 322 g/mol. The summed E-state index contributed by atoms with van der Waals surface area (Å²) in [5.41, 5.74) is 3.25. The molecule has 6 heteroatoms. The van der Waals surface area contributed by atoms with Crippen molar-refractivity contribution in [1.82, 2.24) is 5.32 Å². The summed E-state index contributed by atoms with van der Waals surface area (Å²) in [6.45, 7) is 0.680. The maximum atomic E-state index is 12.4. The zero-order valence-corrected chi connectivity index (χ0v) is 13.5. The first-order chi connectivity index (χ1) is 10.1. The Morgan fingerprint density at radius 1 is 1.14 bits per heavy atom. The van der Waals surface area contributed by atoms with Crippen LogP contribution in [-0.2, 0) is 29.4 Å². The summed E-state index contributed by atoms with van der Waals surface area (Å²) in [5.74, 6) is 0. The third-order valence-corrected chi connectivity index (χ3v) is 6.56. The topological polar surface area (TPSA) is 58.2 Å². The van der Waals surface area contributed by atoms with Crippen LogP contribution in [0, 0.1) is 0 Å². The summed E-state index contributed by atoms with van der Waals surface area (Å²) in [4.78, 5) is 1.01. The van der Waals surface area contributed by atoms with Gasteiger partial charge in [0.2, 0.25) is 0 Å². The Balaban J connectivity index is 1.82. The summed E-state index contributed by atoms with van der Waals surface area (Å²) in [6, 6.07) is 9.35. The van der Waals surface area contributed by atoms with Crippen LogP contribution in [-0.4, -0.2) is 15.5 Å². The number of benzene rings is 1. The van der Waals surface area contributed by atoms with E-state index in [4.69, 9.17) is 0 Å².